The van der Waals surface area contributed by atoms with Crippen molar-refractivity contribution in [3.8, 4) is 0 Å². The maximum absolute atomic E-state index is 14.0. The number of benzene rings is 1. The number of amides is 2. The van der Waals surface area contributed by atoms with Gasteiger partial charge in [0.05, 0.1) is 12.1 Å². The first kappa shape index (κ1) is 26.1. The van der Waals surface area contributed by atoms with Crippen LogP contribution >= 0.6 is 0 Å². The van der Waals surface area contributed by atoms with Gasteiger partial charge in [-0.2, -0.15) is 0 Å². The number of nitrogens with one attached hydrogen (secondary N) is 2. The predicted molar refractivity (Wildman–Crippen MR) is 139 cm³/mol. The molecule has 0 bridgehead atoms. The van der Waals surface area contributed by atoms with Gasteiger partial charge in [0.25, 0.3) is 0 Å². The fourth-order valence-corrected chi connectivity index (χ4v) is 5.44. The number of pyridine rings is 1. The Balaban J connectivity index is 1.56. The van der Waals surface area contributed by atoms with Crippen LogP contribution in [0.2, 0.25) is 0 Å². The normalized spacial score (nSPS) is 20.1. The lowest BCUT2D eigenvalue weighted by molar-refractivity contribution is -0.139. The molecule has 2 heterocycles. The highest BCUT2D eigenvalue weighted by molar-refractivity contribution is 5.90. The molecule has 1 saturated carbocycles. The Morgan fingerprint density at radius 1 is 1.08 bits per heavy atom. The molecule has 1 saturated heterocycles. The molecule has 7 nitrogen and oxygen atoms in total. The summed E-state index contributed by atoms with van der Waals surface area (Å²) in [5, 5.41) is 6.08. The van der Waals surface area contributed by atoms with E-state index in [0.29, 0.717) is 6.54 Å². The number of carbonyl (C=O) groups is 2. The van der Waals surface area contributed by atoms with Gasteiger partial charge in [-0.15, -0.1) is 0 Å². The second kappa shape index (κ2) is 11.8. The molecule has 8 heteroatoms. The van der Waals surface area contributed by atoms with Crippen molar-refractivity contribution in [3.05, 3.63) is 54.0 Å². The van der Waals surface area contributed by atoms with Gasteiger partial charge in [-0.05, 0) is 87.5 Å². The summed E-state index contributed by atoms with van der Waals surface area (Å²) in [4.78, 5) is 35.2. The van der Waals surface area contributed by atoms with Crippen molar-refractivity contribution in [2.75, 3.05) is 25.5 Å². The van der Waals surface area contributed by atoms with Crippen LogP contribution < -0.4 is 15.5 Å². The zero-order valence-corrected chi connectivity index (χ0v) is 21.5. The summed E-state index contributed by atoms with van der Waals surface area (Å²) in [5.41, 5.74) is 1.86. The monoisotopic (exact) mass is 495 g/mol. The van der Waals surface area contributed by atoms with E-state index in [-0.39, 0.29) is 35.6 Å². The van der Waals surface area contributed by atoms with Crippen molar-refractivity contribution in [1.29, 1.82) is 0 Å². The van der Waals surface area contributed by atoms with Gasteiger partial charge in [0, 0.05) is 25.5 Å². The molecule has 1 aromatic carbocycles. The summed E-state index contributed by atoms with van der Waals surface area (Å²) in [5.74, 6) is 0.504. The average molecular weight is 496 g/mol. The molecule has 1 aliphatic heterocycles. The lowest BCUT2D eigenvalue weighted by atomic mass is 9.83. The van der Waals surface area contributed by atoms with Crippen molar-refractivity contribution in [2.45, 2.75) is 70.0 Å². The number of rotatable bonds is 8. The summed E-state index contributed by atoms with van der Waals surface area (Å²) < 4.78 is 13.4. The summed E-state index contributed by atoms with van der Waals surface area (Å²) in [6.45, 7) is 2.49. The average Bonchev–Trinajstić information content (AvgIpc) is 3.41. The van der Waals surface area contributed by atoms with E-state index in [0.717, 1.165) is 55.6 Å². The van der Waals surface area contributed by atoms with Crippen LogP contribution in [0.3, 0.4) is 0 Å². The van der Waals surface area contributed by atoms with Gasteiger partial charge >= 0.3 is 0 Å². The maximum Gasteiger partial charge on any atom is 0.245 e. The van der Waals surface area contributed by atoms with Crippen LogP contribution in [0, 0.1) is 11.7 Å². The Kier molecular flexibility index (Phi) is 8.56. The molecule has 0 radical (unpaired) electrons. The van der Waals surface area contributed by atoms with Crippen LogP contribution in [0.1, 0.15) is 63.5 Å². The topological polar surface area (TPSA) is 77.6 Å². The summed E-state index contributed by atoms with van der Waals surface area (Å²) in [6.07, 6.45) is 8.86. The van der Waals surface area contributed by atoms with Crippen molar-refractivity contribution in [1.82, 2.24) is 20.5 Å². The van der Waals surface area contributed by atoms with E-state index < -0.39 is 6.04 Å². The summed E-state index contributed by atoms with van der Waals surface area (Å²) in [6, 6.07) is 9.36. The first-order valence-corrected chi connectivity index (χ1v) is 13.1. The highest BCUT2D eigenvalue weighted by Gasteiger charge is 2.39. The van der Waals surface area contributed by atoms with Gasteiger partial charge in [-0.25, -0.2) is 9.37 Å². The number of nitrogens with zero attached hydrogens (tertiary/aromatic N) is 3. The van der Waals surface area contributed by atoms with Crippen LogP contribution in [0.5, 0.6) is 0 Å². The van der Waals surface area contributed by atoms with Gasteiger partial charge in [-0.3, -0.25) is 9.59 Å². The standard InChI is InChI=1S/C28H38FN5O2/c1-19(30-2)27(35)32-26(20-8-5-4-6-9-20)28(36)34-17-7-10-24(34)21-15-16-31-25(18-21)33(3)23-13-11-22(29)12-14-23/h11-16,18-20,24,26,30H,4-10,17H2,1-3H3,(H,32,35). The SMILES string of the molecule is CNC(C)C(=O)NC(C(=O)N1CCCC1c1ccnc(N(C)c2ccc(F)cc2)c1)C1CCCCC1. The zero-order chi connectivity index (χ0) is 25.7. The molecule has 4 rings (SSSR count). The molecule has 1 aromatic heterocycles. The molecule has 1 aliphatic carbocycles. The Labute approximate surface area is 213 Å². The molecule has 2 amide bonds. The molecule has 3 atom stereocenters. The molecule has 0 spiro atoms. The van der Waals surface area contributed by atoms with Crippen molar-refractivity contribution >= 4 is 23.3 Å². The van der Waals surface area contributed by atoms with E-state index in [9.17, 15) is 14.0 Å². The molecule has 2 fully saturated rings. The largest absolute Gasteiger partial charge is 0.343 e. The number of anilines is 2. The fourth-order valence-electron chi connectivity index (χ4n) is 5.44. The number of aromatic nitrogens is 1. The first-order chi connectivity index (χ1) is 17.4. The second-order valence-electron chi connectivity index (χ2n) is 10.1. The number of halogens is 1. The minimum Gasteiger partial charge on any atom is -0.343 e. The van der Waals surface area contributed by atoms with E-state index in [4.69, 9.17) is 0 Å². The Morgan fingerprint density at radius 2 is 1.81 bits per heavy atom. The van der Waals surface area contributed by atoms with Crippen molar-refractivity contribution in [3.63, 3.8) is 0 Å². The highest BCUT2D eigenvalue weighted by Crippen LogP contribution is 2.36. The number of likely N-dealkylation sites (N-methyl/N-ethyl adjacent to an activating group) is 1. The number of carbonyl (C=O) groups excluding carboxylic acids is 2. The summed E-state index contributed by atoms with van der Waals surface area (Å²) >= 11 is 0. The molecule has 194 valence electrons. The lowest BCUT2D eigenvalue weighted by Crippen LogP contribution is -2.55. The molecule has 2 N–H and O–H groups in total. The first-order valence-electron chi connectivity index (χ1n) is 13.1. The quantitative estimate of drug-likeness (QED) is 0.570. The molecule has 2 aliphatic rings. The van der Waals surface area contributed by atoms with Crippen LogP contribution in [-0.4, -0.2) is 54.4 Å². The van der Waals surface area contributed by atoms with Crippen molar-refractivity contribution in [2.24, 2.45) is 5.92 Å². The number of hydrogen-bond donors (Lipinski definition) is 2. The van der Waals surface area contributed by atoms with E-state index >= 15 is 0 Å². The third-order valence-corrected chi connectivity index (χ3v) is 7.76. The smallest absolute Gasteiger partial charge is 0.245 e. The highest BCUT2D eigenvalue weighted by atomic mass is 19.1. The van der Waals surface area contributed by atoms with E-state index in [1.165, 1.54) is 18.6 Å². The van der Waals surface area contributed by atoms with Gasteiger partial charge in [0.1, 0.15) is 17.7 Å². The third-order valence-electron chi connectivity index (χ3n) is 7.76. The van der Waals surface area contributed by atoms with E-state index in [1.54, 1.807) is 25.4 Å². The summed E-state index contributed by atoms with van der Waals surface area (Å²) in [7, 11) is 3.65. The van der Waals surface area contributed by atoms with Gasteiger partial charge in [-0.1, -0.05) is 19.3 Å². The fraction of sp³-hybridized carbons (Fsp3) is 0.536. The van der Waals surface area contributed by atoms with Crippen molar-refractivity contribution < 1.29 is 14.0 Å². The predicted octanol–water partition coefficient (Wildman–Crippen LogP) is 4.33. The molecule has 3 unspecified atom stereocenters. The minimum atomic E-state index is -0.502. The van der Waals surface area contributed by atoms with Crippen LogP contribution in [0.15, 0.2) is 42.6 Å². The number of hydrogen-bond acceptors (Lipinski definition) is 5. The molecule has 2 aromatic rings. The Morgan fingerprint density at radius 3 is 2.50 bits per heavy atom. The van der Waals surface area contributed by atoms with Gasteiger partial charge in [0.2, 0.25) is 11.8 Å². The number of likely N-dealkylation sites (tertiary alicyclic amines) is 1. The van der Waals surface area contributed by atoms with E-state index in [2.05, 4.69) is 15.6 Å². The lowest BCUT2D eigenvalue weighted by Gasteiger charge is -2.35. The van der Waals surface area contributed by atoms with Gasteiger partial charge in [0.15, 0.2) is 0 Å². The molecular weight excluding hydrogens is 457 g/mol. The molecular formula is C28H38FN5O2. The second-order valence-corrected chi connectivity index (χ2v) is 10.1. The third kappa shape index (κ3) is 5.86. The van der Waals surface area contributed by atoms with Crippen LogP contribution in [0.25, 0.3) is 0 Å². The van der Waals surface area contributed by atoms with Crippen LogP contribution in [-0.2, 0) is 9.59 Å². The maximum atomic E-state index is 14.0. The van der Waals surface area contributed by atoms with E-state index in [1.807, 2.05) is 35.9 Å². The molecule has 36 heavy (non-hydrogen) atoms. The zero-order valence-electron chi connectivity index (χ0n) is 21.5. The minimum absolute atomic E-state index is 0.0197. The van der Waals surface area contributed by atoms with Crippen LogP contribution in [0.4, 0.5) is 15.9 Å². The Hall–Kier alpha value is -3.00. The Bertz CT molecular complexity index is 1040. The van der Waals surface area contributed by atoms with Gasteiger partial charge < -0.3 is 20.4 Å².